The number of pyridine rings is 1. The molecule has 0 spiro atoms. The van der Waals surface area contributed by atoms with Gasteiger partial charge in [-0.25, -0.2) is 4.98 Å². The van der Waals surface area contributed by atoms with Crippen LogP contribution in [-0.4, -0.2) is 10.1 Å². The lowest BCUT2D eigenvalue weighted by atomic mass is 10.1. The van der Waals surface area contributed by atoms with E-state index in [1.54, 1.807) is 17.5 Å². The minimum Gasteiger partial charge on any atom is -0.383 e. The van der Waals surface area contributed by atoms with E-state index < -0.39 is 6.10 Å². The summed E-state index contributed by atoms with van der Waals surface area (Å²) in [6.07, 6.45) is 0.985. The van der Waals surface area contributed by atoms with Crippen LogP contribution in [0, 0.1) is 13.8 Å². The number of thiophene rings is 1. The van der Waals surface area contributed by atoms with Crippen molar-refractivity contribution in [3.05, 3.63) is 43.7 Å². The van der Waals surface area contributed by atoms with Gasteiger partial charge in [-0.1, -0.05) is 0 Å². The Labute approximate surface area is 112 Å². The third-order valence-corrected chi connectivity index (χ3v) is 4.72. The normalized spacial score (nSPS) is 12.7. The number of nitrogen functional groups attached to an aromatic ring is 1. The molecule has 1 atom stereocenters. The van der Waals surface area contributed by atoms with E-state index in [1.165, 1.54) is 0 Å². The highest BCUT2D eigenvalue weighted by atomic mass is 79.9. The summed E-state index contributed by atoms with van der Waals surface area (Å²) in [7, 11) is 0. The Balaban J connectivity index is 2.42. The first-order valence-corrected chi connectivity index (χ1v) is 6.76. The number of hydrogen-bond acceptors (Lipinski definition) is 4. The molecule has 90 valence electrons. The van der Waals surface area contributed by atoms with Gasteiger partial charge in [0.05, 0.1) is 0 Å². The quantitative estimate of drug-likeness (QED) is 0.895. The van der Waals surface area contributed by atoms with E-state index >= 15 is 0 Å². The van der Waals surface area contributed by atoms with Crippen LogP contribution in [0.3, 0.4) is 0 Å². The van der Waals surface area contributed by atoms with Crippen molar-refractivity contribution in [1.82, 2.24) is 4.98 Å². The number of aliphatic hydroxyl groups excluding tert-OH is 1. The van der Waals surface area contributed by atoms with Gasteiger partial charge in [-0.3, -0.25) is 0 Å². The Morgan fingerprint density at radius 3 is 2.71 bits per heavy atom. The lowest BCUT2D eigenvalue weighted by Gasteiger charge is -2.11. The van der Waals surface area contributed by atoms with Gasteiger partial charge in [-0.2, -0.15) is 0 Å². The number of aromatic nitrogens is 1. The average Bonchev–Trinajstić information content (AvgIpc) is 2.62. The molecule has 0 aliphatic heterocycles. The van der Waals surface area contributed by atoms with E-state index in [2.05, 4.69) is 20.9 Å². The van der Waals surface area contributed by atoms with Crippen molar-refractivity contribution in [3.63, 3.8) is 0 Å². The molecule has 0 aliphatic rings. The van der Waals surface area contributed by atoms with Crippen molar-refractivity contribution in [2.45, 2.75) is 20.0 Å². The van der Waals surface area contributed by atoms with Gasteiger partial charge in [0.2, 0.25) is 0 Å². The highest BCUT2D eigenvalue weighted by molar-refractivity contribution is 9.10. The van der Waals surface area contributed by atoms with Crippen molar-refractivity contribution in [2.75, 3.05) is 5.73 Å². The molecule has 17 heavy (non-hydrogen) atoms. The van der Waals surface area contributed by atoms with Crippen LogP contribution in [0.15, 0.2) is 22.8 Å². The molecule has 0 aromatic carbocycles. The standard InChI is InChI=1S/C12H13BrN2OS/c1-6-3-8(12(14)15-5-6)11(16)10-4-9(13)7(2)17-10/h3-5,11,16H,1-2H3,(H2,14,15). The number of halogens is 1. The second kappa shape index (κ2) is 4.76. The third kappa shape index (κ3) is 2.51. The number of anilines is 1. The van der Waals surface area contributed by atoms with Gasteiger partial charge in [0.15, 0.2) is 0 Å². The zero-order valence-electron chi connectivity index (χ0n) is 9.57. The van der Waals surface area contributed by atoms with Gasteiger partial charge in [-0.15, -0.1) is 11.3 Å². The second-order valence-corrected chi connectivity index (χ2v) is 6.08. The number of hydrogen-bond donors (Lipinski definition) is 2. The van der Waals surface area contributed by atoms with Crippen molar-refractivity contribution in [1.29, 1.82) is 0 Å². The lowest BCUT2D eigenvalue weighted by Crippen LogP contribution is -2.04. The molecule has 0 saturated carbocycles. The Morgan fingerprint density at radius 2 is 2.12 bits per heavy atom. The highest BCUT2D eigenvalue weighted by Crippen LogP contribution is 2.35. The molecule has 0 aliphatic carbocycles. The van der Waals surface area contributed by atoms with E-state index in [0.29, 0.717) is 11.4 Å². The van der Waals surface area contributed by atoms with Gasteiger partial charge >= 0.3 is 0 Å². The minimum atomic E-state index is -0.711. The van der Waals surface area contributed by atoms with Crippen LogP contribution < -0.4 is 5.73 Å². The molecular formula is C12H13BrN2OS. The predicted molar refractivity (Wildman–Crippen MR) is 74.2 cm³/mol. The summed E-state index contributed by atoms with van der Waals surface area (Å²) < 4.78 is 1.01. The summed E-state index contributed by atoms with van der Waals surface area (Å²) in [6, 6.07) is 3.79. The van der Waals surface area contributed by atoms with Crippen LogP contribution in [0.2, 0.25) is 0 Å². The first kappa shape index (κ1) is 12.5. The molecule has 3 nitrogen and oxygen atoms in total. The van der Waals surface area contributed by atoms with Crippen molar-refractivity contribution < 1.29 is 5.11 Å². The first-order valence-electron chi connectivity index (χ1n) is 5.15. The van der Waals surface area contributed by atoms with Gasteiger partial charge < -0.3 is 10.8 Å². The maximum atomic E-state index is 10.3. The Morgan fingerprint density at radius 1 is 1.41 bits per heavy atom. The van der Waals surface area contributed by atoms with E-state index in [1.807, 2.05) is 26.0 Å². The number of rotatable bonds is 2. The largest absolute Gasteiger partial charge is 0.383 e. The van der Waals surface area contributed by atoms with Crippen LogP contribution in [0.1, 0.15) is 27.0 Å². The van der Waals surface area contributed by atoms with Gasteiger partial charge in [0.25, 0.3) is 0 Å². The number of nitrogens with zero attached hydrogens (tertiary/aromatic N) is 1. The van der Waals surface area contributed by atoms with Crippen molar-refractivity contribution in [2.24, 2.45) is 0 Å². The van der Waals surface area contributed by atoms with Crippen molar-refractivity contribution >= 4 is 33.1 Å². The van der Waals surface area contributed by atoms with Crippen LogP contribution >= 0.6 is 27.3 Å². The average molecular weight is 313 g/mol. The SMILES string of the molecule is Cc1cnc(N)c(C(O)c2cc(Br)c(C)s2)c1. The number of aryl methyl sites for hydroxylation is 2. The summed E-state index contributed by atoms with van der Waals surface area (Å²) in [5, 5.41) is 10.3. The molecule has 0 radical (unpaired) electrons. The molecule has 2 rings (SSSR count). The summed E-state index contributed by atoms with van der Waals surface area (Å²) in [5.41, 5.74) is 7.45. The molecule has 2 aromatic rings. The molecule has 2 heterocycles. The first-order chi connectivity index (χ1) is 7.99. The highest BCUT2D eigenvalue weighted by Gasteiger charge is 2.17. The molecule has 3 N–H and O–H groups in total. The van der Waals surface area contributed by atoms with E-state index in [0.717, 1.165) is 19.8 Å². The number of nitrogens with two attached hydrogens (primary N) is 1. The van der Waals surface area contributed by atoms with Crippen LogP contribution in [0.25, 0.3) is 0 Å². The fourth-order valence-corrected chi connectivity index (χ4v) is 3.16. The summed E-state index contributed by atoms with van der Waals surface area (Å²) in [6.45, 7) is 3.93. The summed E-state index contributed by atoms with van der Waals surface area (Å²) in [5.74, 6) is 0.380. The van der Waals surface area contributed by atoms with Crippen molar-refractivity contribution in [3.8, 4) is 0 Å². The number of aliphatic hydroxyl groups is 1. The van der Waals surface area contributed by atoms with Gasteiger partial charge in [0.1, 0.15) is 11.9 Å². The summed E-state index contributed by atoms with van der Waals surface area (Å²) >= 11 is 4.99. The topological polar surface area (TPSA) is 59.1 Å². The molecule has 0 saturated heterocycles. The van der Waals surface area contributed by atoms with Crippen LogP contribution in [-0.2, 0) is 0 Å². The fourth-order valence-electron chi connectivity index (χ4n) is 1.59. The Hall–Kier alpha value is -0.910. The van der Waals surface area contributed by atoms with E-state index in [4.69, 9.17) is 5.73 Å². The molecule has 5 heteroatoms. The molecule has 2 aromatic heterocycles. The zero-order valence-corrected chi connectivity index (χ0v) is 12.0. The maximum Gasteiger partial charge on any atom is 0.129 e. The third-order valence-electron chi connectivity index (χ3n) is 2.53. The fraction of sp³-hybridized carbons (Fsp3) is 0.250. The zero-order chi connectivity index (χ0) is 12.6. The van der Waals surface area contributed by atoms with Crippen LogP contribution in [0.5, 0.6) is 0 Å². The van der Waals surface area contributed by atoms with Gasteiger partial charge in [-0.05, 0) is 47.5 Å². The Kier molecular flexibility index (Phi) is 3.51. The molecule has 0 bridgehead atoms. The monoisotopic (exact) mass is 312 g/mol. The maximum absolute atomic E-state index is 10.3. The molecule has 0 amide bonds. The lowest BCUT2D eigenvalue weighted by molar-refractivity contribution is 0.224. The molecular weight excluding hydrogens is 300 g/mol. The smallest absolute Gasteiger partial charge is 0.129 e. The predicted octanol–water partition coefficient (Wildman–Crippen LogP) is 3.19. The van der Waals surface area contributed by atoms with Gasteiger partial charge in [0, 0.05) is 26.0 Å². The van der Waals surface area contributed by atoms with Crippen LogP contribution in [0.4, 0.5) is 5.82 Å². The Bertz CT molecular complexity index is 534. The second-order valence-electron chi connectivity index (χ2n) is 3.94. The summed E-state index contributed by atoms with van der Waals surface area (Å²) in [4.78, 5) is 6.07. The van der Waals surface area contributed by atoms with E-state index in [-0.39, 0.29) is 0 Å². The van der Waals surface area contributed by atoms with E-state index in [9.17, 15) is 5.11 Å². The molecule has 1 unspecified atom stereocenters. The molecule has 0 fully saturated rings. The minimum absolute atomic E-state index is 0.380.